The van der Waals surface area contributed by atoms with Crippen LogP contribution in [0.3, 0.4) is 0 Å². The summed E-state index contributed by atoms with van der Waals surface area (Å²) in [5.41, 5.74) is 12.4. The predicted octanol–water partition coefficient (Wildman–Crippen LogP) is 5.26. The number of benzene rings is 2. The summed E-state index contributed by atoms with van der Waals surface area (Å²) in [4.78, 5) is 15.4. The van der Waals surface area contributed by atoms with E-state index in [1.807, 2.05) is 25.3 Å². The van der Waals surface area contributed by atoms with Gasteiger partial charge in [-0.2, -0.15) is 4.98 Å². The van der Waals surface area contributed by atoms with Gasteiger partial charge < -0.3 is 25.8 Å². The quantitative estimate of drug-likeness (QED) is 0.284. The van der Waals surface area contributed by atoms with E-state index in [2.05, 4.69) is 68.7 Å². The second kappa shape index (κ2) is 8.26. The maximum absolute atomic E-state index is 5.90. The molecule has 0 aliphatic carbocycles. The highest BCUT2D eigenvalue weighted by Gasteiger charge is 2.11. The molecular weight excluding hydrogens is 400 g/mol. The van der Waals surface area contributed by atoms with Crippen molar-refractivity contribution in [3.8, 4) is 5.75 Å². The van der Waals surface area contributed by atoms with Gasteiger partial charge in [-0.05, 0) is 74.0 Å². The third-order valence-corrected chi connectivity index (χ3v) is 5.62. The summed E-state index contributed by atoms with van der Waals surface area (Å²) in [6.07, 6.45) is 5.49. The third kappa shape index (κ3) is 3.97. The third-order valence-electron chi connectivity index (χ3n) is 5.62. The number of nitrogens with one attached hydrogen (secondary N) is 3. The van der Waals surface area contributed by atoms with Crippen molar-refractivity contribution in [3.05, 3.63) is 71.7 Å². The molecule has 0 atom stereocenters. The number of nitrogen functional groups attached to an aromatic ring is 1. The fourth-order valence-corrected chi connectivity index (χ4v) is 4.09. The number of aromatic nitrogens is 4. The Morgan fingerprint density at radius 2 is 1.91 bits per heavy atom. The summed E-state index contributed by atoms with van der Waals surface area (Å²) in [7, 11) is 0. The standard InChI is InChI=1S/C25H26N6O/c1-3-32-20-8-9-22-21(12-20)17(13-27-22)4-5-18-14-28-25(26)31-24(18)30-19-7-6-16-10-15(2)29-23(16)11-19/h6-14,27,29H,3-5H2,1-2H3,(H3,26,28,30,31). The summed E-state index contributed by atoms with van der Waals surface area (Å²) in [6, 6.07) is 14.5. The summed E-state index contributed by atoms with van der Waals surface area (Å²) < 4.78 is 5.67. The Bertz CT molecular complexity index is 1400. The van der Waals surface area contributed by atoms with Crippen LogP contribution in [0.2, 0.25) is 0 Å². The van der Waals surface area contributed by atoms with E-state index < -0.39 is 0 Å². The van der Waals surface area contributed by atoms with Gasteiger partial charge in [0, 0.05) is 45.8 Å². The van der Waals surface area contributed by atoms with Crippen LogP contribution in [0.1, 0.15) is 23.7 Å². The van der Waals surface area contributed by atoms with Gasteiger partial charge in [0.05, 0.1) is 6.61 Å². The Labute approximate surface area is 186 Å². The van der Waals surface area contributed by atoms with E-state index >= 15 is 0 Å². The summed E-state index contributed by atoms with van der Waals surface area (Å²) in [5.74, 6) is 1.87. The number of ether oxygens (including phenoxy) is 1. The van der Waals surface area contributed by atoms with Gasteiger partial charge in [-0.3, -0.25) is 0 Å². The second-order valence-electron chi connectivity index (χ2n) is 7.94. The maximum atomic E-state index is 5.90. The van der Waals surface area contributed by atoms with Crippen LogP contribution in [-0.2, 0) is 12.8 Å². The Balaban J connectivity index is 1.39. The van der Waals surface area contributed by atoms with Crippen molar-refractivity contribution in [1.82, 2.24) is 19.9 Å². The molecule has 0 saturated carbocycles. The van der Waals surface area contributed by atoms with Crippen LogP contribution in [0.25, 0.3) is 21.8 Å². The minimum atomic E-state index is 0.251. The lowest BCUT2D eigenvalue weighted by Crippen LogP contribution is -2.05. The summed E-state index contributed by atoms with van der Waals surface area (Å²) >= 11 is 0. The molecule has 7 heteroatoms. The number of hydrogen-bond donors (Lipinski definition) is 4. The van der Waals surface area contributed by atoms with Crippen LogP contribution in [0.4, 0.5) is 17.5 Å². The molecule has 3 aromatic heterocycles. The fraction of sp³-hybridized carbons (Fsp3) is 0.200. The van der Waals surface area contributed by atoms with Crippen molar-refractivity contribution in [2.24, 2.45) is 0 Å². The van der Waals surface area contributed by atoms with Gasteiger partial charge in [0.25, 0.3) is 0 Å². The number of anilines is 3. The van der Waals surface area contributed by atoms with Gasteiger partial charge in [0.15, 0.2) is 0 Å². The zero-order valence-electron chi connectivity index (χ0n) is 18.2. The smallest absolute Gasteiger partial charge is 0.221 e. The number of aryl methyl sites for hydroxylation is 3. The van der Waals surface area contributed by atoms with E-state index in [-0.39, 0.29) is 5.95 Å². The average Bonchev–Trinajstić information content (AvgIpc) is 3.35. The van der Waals surface area contributed by atoms with Crippen molar-refractivity contribution < 1.29 is 4.74 Å². The van der Waals surface area contributed by atoms with Gasteiger partial charge in [0.2, 0.25) is 5.95 Å². The lowest BCUT2D eigenvalue weighted by molar-refractivity contribution is 0.340. The Morgan fingerprint density at radius 1 is 1.03 bits per heavy atom. The summed E-state index contributed by atoms with van der Waals surface area (Å²) in [6.45, 7) is 4.70. The molecule has 3 heterocycles. The Kier molecular flexibility index (Phi) is 5.15. The molecule has 0 saturated heterocycles. The van der Waals surface area contributed by atoms with Crippen molar-refractivity contribution in [1.29, 1.82) is 0 Å². The lowest BCUT2D eigenvalue weighted by atomic mass is 10.0. The van der Waals surface area contributed by atoms with E-state index in [1.165, 1.54) is 16.3 Å². The largest absolute Gasteiger partial charge is 0.494 e. The lowest BCUT2D eigenvalue weighted by Gasteiger charge is -2.12. The van der Waals surface area contributed by atoms with Gasteiger partial charge in [-0.1, -0.05) is 6.07 Å². The minimum absolute atomic E-state index is 0.251. The molecular formula is C25H26N6O. The van der Waals surface area contributed by atoms with Gasteiger partial charge >= 0.3 is 0 Å². The Hall–Kier alpha value is -4.00. The monoisotopic (exact) mass is 426 g/mol. The van der Waals surface area contributed by atoms with Crippen LogP contribution in [0, 0.1) is 6.92 Å². The molecule has 0 radical (unpaired) electrons. The molecule has 7 nitrogen and oxygen atoms in total. The molecule has 5 N–H and O–H groups in total. The molecule has 32 heavy (non-hydrogen) atoms. The molecule has 0 amide bonds. The SMILES string of the molecule is CCOc1ccc2[nH]cc(CCc3cnc(N)nc3Nc3ccc4cc(C)[nH]c4c3)c2c1. The zero-order chi connectivity index (χ0) is 22.1. The van der Waals surface area contributed by atoms with Crippen LogP contribution in [0.15, 0.2) is 54.9 Å². The Morgan fingerprint density at radius 3 is 2.78 bits per heavy atom. The number of H-pyrrole nitrogens is 2. The topological polar surface area (TPSA) is 105 Å². The van der Waals surface area contributed by atoms with E-state index in [1.54, 1.807) is 0 Å². The first kappa shape index (κ1) is 19.9. The van der Waals surface area contributed by atoms with E-state index in [4.69, 9.17) is 10.5 Å². The van der Waals surface area contributed by atoms with Crippen molar-refractivity contribution in [2.75, 3.05) is 17.7 Å². The van der Waals surface area contributed by atoms with Crippen LogP contribution >= 0.6 is 0 Å². The first-order valence-electron chi connectivity index (χ1n) is 10.8. The fourth-order valence-electron chi connectivity index (χ4n) is 4.09. The van der Waals surface area contributed by atoms with Gasteiger partial charge in [0.1, 0.15) is 11.6 Å². The van der Waals surface area contributed by atoms with Crippen LogP contribution in [0.5, 0.6) is 5.75 Å². The van der Waals surface area contributed by atoms with Gasteiger partial charge in [-0.25, -0.2) is 4.98 Å². The van der Waals surface area contributed by atoms with E-state index in [0.29, 0.717) is 6.61 Å². The number of hydrogen-bond acceptors (Lipinski definition) is 5. The molecule has 5 rings (SSSR count). The van der Waals surface area contributed by atoms with Crippen molar-refractivity contribution in [3.63, 3.8) is 0 Å². The molecule has 0 bridgehead atoms. The first-order valence-corrected chi connectivity index (χ1v) is 10.8. The van der Waals surface area contributed by atoms with Gasteiger partial charge in [-0.15, -0.1) is 0 Å². The molecule has 5 aromatic rings. The second-order valence-corrected chi connectivity index (χ2v) is 7.94. The minimum Gasteiger partial charge on any atom is -0.494 e. The number of nitrogens with two attached hydrogens (primary N) is 1. The van der Waals surface area contributed by atoms with Crippen molar-refractivity contribution in [2.45, 2.75) is 26.7 Å². The molecule has 0 spiro atoms. The predicted molar refractivity (Wildman–Crippen MR) is 130 cm³/mol. The highest BCUT2D eigenvalue weighted by molar-refractivity contribution is 5.85. The molecule has 0 aliphatic heterocycles. The van der Waals surface area contributed by atoms with E-state index in [9.17, 15) is 0 Å². The summed E-state index contributed by atoms with van der Waals surface area (Å²) in [5, 5.41) is 5.79. The maximum Gasteiger partial charge on any atom is 0.221 e. The number of aromatic amines is 2. The highest BCUT2D eigenvalue weighted by atomic mass is 16.5. The zero-order valence-corrected chi connectivity index (χ0v) is 18.2. The molecule has 0 aliphatic rings. The number of rotatable bonds is 7. The highest BCUT2D eigenvalue weighted by Crippen LogP contribution is 2.27. The van der Waals surface area contributed by atoms with Crippen molar-refractivity contribution >= 4 is 39.3 Å². The number of nitrogens with zero attached hydrogens (tertiary/aromatic N) is 2. The van der Waals surface area contributed by atoms with Crippen LogP contribution in [-0.4, -0.2) is 26.5 Å². The van der Waals surface area contributed by atoms with E-state index in [0.717, 1.165) is 52.4 Å². The molecule has 0 unspecified atom stereocenters. The molecule has 0 fully saturated rings. The average molecular weight is 427 g/mol. The molecule has 162 valence electrons. The number of fused-ring (bicyclic) bond motifs is 2. The van der Waals surface area contributed by atoms with Crippen LogP contribution < -0.4 is 15.8 Å². The first-order chi connectivity index (χ1) is 15.6. The normalized spacial score (nSPS) is 11.3. The molecule has 2 aromatic carbocycles.